The second kappa shape index (κ2) is 5.81. The van der Waals surface area contributed by atoms with Crippen LogP contribution in [0.1, 0.15) is 17.2 Å². The minimum Gasteiger partial charge on any atom is -0.493 e. The van der Waals surface area contributed by atoms with Gasteiger partial charge in [0.1, 0.15) is 5.94 Å². The molecule has 5 nitrogen and oxygen atoms in total. The number of methoxy groups -OCH3 is 2. The number of hydroxylamine groups is 2. The van der Waals surface area contributed by atoms with Gasteiger partial charge in [0, 0.05) is 18.3 Å². The van der Waals surface area contributed by atoms with Crippen molar-refractivity contribution in [3.63, 3.8) is 0 Å². The first-order valence-electron chi connectivity index (χ1n) is 6.72. The maximum Gasteiger partial charge on any atom is 0.161 e. The molecule has 0 spiro atoms. The van der Waals surface area contributed by atoms with Crippen LogP contribution in [0.2, 0.25) is 0 Å². The second-order valence-corrected chi connectivity index (χ2v) is 6.00. The molecule has 0 amide bonds. The average molecular weight is 296 g/mol. The summed E-state index contributed by atoms with van der Waals surface area (Å²) in [6.45, 7) is 0.863. The number of nitrogens with zero attached hydrogens (tertiary/aromatic N) is 1. The van der Waals surface area contributed by atoms with Crippen LogP contribution < -0.4 is 15.2 Å². The number of thioether (sulfide) groups is 1. The van der Waals surface area contributed by atoms with Crippen molar-refractivity contribution in [1.82, 2.24) is 5.06 Å². The maximum absolute atomic E-state index is 6.35. The highest BCUT2D eigenvalue weighted by Crippen LogP contribution is 2.40. The second-order valence-electron chi connectivity index (χ2n) is 5.02. The van der Waals surface area contributed by atoms with E-state index in [4.69, 9.17) is 20.0 Å². The van der Waals surface area contributed by atoms with Crippen LogP contribution in [0.3, 0.4) is 0 Å². The summed E-state index contributed by atoms with van der Waals surface area (Å²) < 4.78 is 10.8. The van der Waals surface area contributed by atoms with Crippen LogP contribution in [0.15, 0.2) is 12.1 Å². The number of fused-ring (bicyclic) bond motifs is 3. The van der Waals surface area contributed by atoms with Gasteiger partial charge < -0.3 is 15.2 Å². The zero-order valence-corrected chi connectivity index (χ0v) is 12.6. The molecule has 2 atom stereocenters. The molecule has 2 heterocycles. The number of hydrogen-bond acceptors (Lipinski definition) is 6. The first-order valence-corrected chi connectivity index (χ1v) is 7.87. The van der Waals surface area contributed by atoms with Gasteiger partial charge in [0.15, 0.2) is 11.5 Å². The van der Waals surface area contributed by atoms with Crippen molar-refractivity contribution in [1.29, 1.82) is 0 Å². The zero-order chi connectivity index (χ0) is 14.1. The Hall–Kier alpha value is -0.950. The quantitative estimate of drug-likeness (QED) is 0.894. The fourth-order valence-electron chi connectivity index (χ4n) is 2.92. The summed E-state index contributed by atoms with van der Waals surface area (Å²) in [5.74, 6) is 3.09. The third kappa shape index (κ3) is 2.37. The van der Waals surface area contributed by atoms with Gasteiger partial charge in [0.05, 0.1) is 20.3 Å². The van der Waals surface area contributed by atoms with Gasteiger partial charge >= 0.3 is 0 Å². The summed E-state index contributed by atoms with van der Waals surface area (Å²) in [6, 6.07) is 4.26. The number of nitrogens with two attached hydrogens (primary N) is 1. The van der Waals surface area contributed by atoms with E-state index in [1.165, 1.54) is 11.1 Å². The van der Waals surface area contributed by atoms with Crippen LogP contribution in [0.5, 0.6) is 11.5 Å². The molecule has 0 aliphatic carbocycles. The third-order valence-corrected chi connectivity index (χ3v) is 4.79. The first kappa shape index (κ1) is 14.0. The summed E-state index contributed by atoms with van der Waals surface area (Å²) >= 11 is 1.74. The van der Waals surface area contributed by atoms with Gasteiger partial charge in [-0.15, -0.1) is 11.8 Å². The molecule has 1 saturated heterocycles. The van der Waals surface area contributed by atoms with Crippen LogP contribution >= 0.6 is 11.8 Å². The van der Waals surface area contributed by atoms with E-state index in [9.17, 15) is 0 Å². The SMILES string of the molecule is COc1cc2c(cc1OC)[C@@H]1C(N)CSCON1CC2. The summed E-state index contributed by atoms with van der Waals surface area (Å²) in [7, 11) is 3.32. The summed E-state index contributed by atoms with van der Waals surface area (Å²) in [4.78, 5) is 5.81. The monoisotopic (exact) mass is 296 g/mol. The van der Waals surface area contributed by atoms with Crippen molar-refractivity contribution in [2.24, 2.45) is 5.73 Å². The van der Waals surface area contributed by atoms with Gasteiger partial charge in [0.25, 0.3) is 0 Å². The lowest BCUT2D eigenvalue weighted by Crippen LogP contribution is -2.44. The Kier molecular flexibility index (Phi) is 4.07. The molecule has 0 saturated carbocycles. The average Bonchev–Trinajstić information content (AvgIpc) is 2.67. The van der Waals surface area contributed by atoms with Crippen molar-refractivity contribution >= 4 is 11.8 Å². The third-order valence-electron chi connectivity index (χ3n) is 3.89. The Bertz CT molecular complexity index is 498. The van der Waals surface area contributed by atoms with Crippen molar-refractivity contribution in [3.05, 3.63) is 23.3 Å². The maximum atomic E-state index is 6.35. The highest BCUT2D eigenvalue weighted by molar-refractivity contribution is 7.99. The predicted octanol–water partition coefficient (Wildman–Crippen LogP) is 1.57. The topological polar surface area (TPSA) is 57.0 Å². The molecule has 1 aromatic carbocycles. The molecule has 0 radical (unpaired) electrons. The summed E-state index contributed by atoms with van der Waals surface area (Å²) in [6.07, 6.45) is 0.934. The van der Waals surface area contributed by atoms with Gasteiger partial charge in [-0.1, -0.05) is 0 Å². The van der Waals surface area contributed by atoms with Crippen LogP contribution in [-0.2, 0) is 11.3 Å². The lowest BCUT2D eigenvalue weighted by molar-refractivity contribution is -0.175. The van der Waals surface area contributed by atoms with Gasteiger partial charge in [-0.3, -0.25) is 4.84 Å². The normalized spacial score (nSPS) is 26.4. The molecule has 110 valence electrons. The zero-order valence-electron chi connectivity index (χ0n) is 11.8. The molecule has 2 aliphatic rings. The predicted molar refractivity (Wildman–Crippen MR) is 79.1 cm³/mol. The van der Waals surface area contributed by atoms with Crippen molar-refractivity contribution in [2.75, 3.05) is 32.5 Å². The van der Waals surface area contributed by atoms with Crippen LogP contribution in [0.25, 0.3) is 0 Å². The molecule has 20 heavy (non-hydrogen) atoms. The molecule has 0 bridgehead atoms. The van der Waals surface area contributed by atoms with E-state index in [1.54, 1.807) is 26.0 Å². The first-order chi connectivity index (χ1) is 9.74. The molecule has 1 fully saturated rings. The van der Waals surface area contributed by atoms with Crippen molar-refractivity contribution in [2.45, 2.75) is 18.5 Å². The molecule has 2 aliphatic heterocycles. The molecule has 6 heteroatoms. The van der Waals surface area contributed by atoms with E-state index in [-0.39, 0.29) is 12.1 Å². The highest BCUT2D eigenvalue weighted by Gasteiger charge is 2.35. The smallest absolute Gasteiger partial charge is 0.161 e. The fourth-order valence-corrected chi connectivity index (χ4v) is 3.68. The van der Waals surface area contributed by atoms with Crippen LogP contribution in [0.4, 0.5) is 0 Å². The van der Waals surface area contributed by atoms with E-state index in [1.807, 2.05) is 11.1 Å². The standard InChI is InChI=1S/C14H20N2O3S/c1-17-12-5-9-3-4-16-14(10(9)6-13(12)18-2)11(15)7-20-8-19-16/h5-6,11,14H,3-4,7-8,15H2,1-2H3/t11?,14-/m1/s1. The molecule has 1 aromatic rings. The molecular weight excluding hydrogens is 276 g/mol. The molecular formula is C14H20N2O3S. The summed E-state index contributed by atoms with van der Waals surface area (Å²) in [5, 5.41) is 2.03. The molecule has 2 N–H and O–H groups in total. The number of ether oxygens (including phenoxy) is 2. The molecule has 0 aromatic heterocycles. The summed E-state index contributed by atoms with van der Waals surface area (Å²) in [5.41, 5.74) is 8.82. The van der Waals surface area contributed by atoms with Crippen molar-refractivity contribution < 1.29 is 14.3 Å². The minimum atomic E-state index is 0.0552. The lowest BCUT2D eigenvalue weighted by atomic mass is 9.90. The van der Waals surface area contributed by atoms with Crippen LogP contribution in [0, 0.1) is 0 Å². The Labute approximate surface area is 123 Å². The van der Waals surface area contributed by atoms with E-state index in [0.29, 0.717) is 5.94 Å². The van der Waals surface area contributed by atoms with Gasteiger partial charge in [-0.25, -0.2) is 0 Å². The van der Waals surface area contributed by atoms with Gasteiger partial charge in [-0.05, 0) is 29.7 Å². The Morgan fingerprint density at radius 2 is 2.05 bits per heavy atom. The lowest BCUT2D eigenvalue weighted by Gasteiger charge is -2.37. The number of benzene rings is 1. The minimum absolute atomic E-state index is 0.0552. The van der Waals surface area contributed by atoms with Gasteiger partial charge in [-0.2, -0.15) is 5.06 Å². The Morgan fingerprint density at radius 1 is 1.30 bits per heavy atom. The molecule has 3 rings (SSSR count). The van der Waals surface area contributed by atoms with E-state index >= 15 is 0 Å². The van der Waals surface area contributed by atoms with Crippen LogP contribution in [-0.4, -0.2) is 43.6 Å². The number of rotatable bonds is 2. The van der Waals surface area contributed by atoms with E-state index in [0.717, 1.165) is 30.2 Å². The van der Waals surface area contributed by atoms with E-state index < -0.39 is 0 Å². The van der Waals surface area contributed by atoms with Crippen molar-refractivity contribution in [3.8, 4) is 11.5 Å². The highest BCUT2D eigenvalue weighted by atomic mass is 32.2. The van der Waals surface area contributed by atoms with E-state index in [2.05, 4.69) is 6.07 Å². The largest absolute Gasteiger partial charge is 0.493 e. The molecule has 1 unspecified atom stereocenters. The Balaban J connectivity index is 2.05. The number of hydrogen-bond donors (Lipinski definition) is 1. The fraction of sp³-hybridized carbons (Fsp3) is 0.571. The Morgan fingerprint density at radius 3 is 2.80 bits per heavy atom. The van der Waals surface area contributed by atoms with Gasteiger partial charge in [0.2, 0.25) is 0 Å².